The number of nitrogens with two attached hydrogens (primary N) is 1. The van der Waals surface area contributed by atoms with Crippen molar-refractivity contribution < 1.29 is 22.7 Å². The predicted molar refractivity (Wildman–Crippen MR) is 124 cm³/mol. The topological polar surface area (TPSA) is 140 Å². The Bertz CT molecular complexity index is 1370. The first kappa shape index (κ1) is 22.3. The van der Waals surface area contributed by atoms with Crippen LogP contribution in [0.25, 0.3) is 11.1 Å². The SMILES string of the molecule is CC1(C(=O)Nc2cccc(NS(C)(=O)=O)c2)Cc2c(-c3cccc(C(N)=O)c3)ccnc2O1. The van der Waals surface area contributed by atoms with Gasteiger partial charge in [0.05, 0.1) is 11.9 Å². The third kappa shape index (κ3) is 4.80. The van der Waals surface area contributed by atoms with Crippen LogP contribution in [0, 0.1) is 0 Å². The zero-order valence-electron chi connectivity index (χ0n) is 18.0. The molecule has 0 saturated carbocycles. The van der Waals surface area contributed by atoms with Gasteiger partial charge in [0.15, 0.2) is 5.60 Å². The highest BCUT2D eigenvalue weighted by atomic mass is 32.2. The quantitative estimate of drug-likeness (QED) is 0.510. The number of aromatic nitrogens is 1. The highest BCUT2D eigenvalue weighted by Crippen LogP contribution is 2.40. The fourth-order valence-electron chi connectivity index (χ4n) is 3.69. The summed E-state index contributed by atoms with van der Waals surface area (Å²) in [6, 6.07) is 15.1. The van der Waals surface area contributed by atoms with Crippen LogP contribution in [0.15, 0.2) is 60.8 Å². The second-order valence-electron chi connectivity index (χ2n) is 8.01. The number of hydrogen-bond acceptors (Lipinski definition) is 6. The number of primary amides is 1. The molecule has 0 bridgehead atoms. The summed E-state index contributed by atoms with van der Waals surface area (Å²) >= 11 is 0. The highest BCUT2D eigenvalue weighted by molar-refractivity contribution is 7.92. The normalized spacial score (nSPS) is 17.0. The Hall–Kier alpha value is -3.92. The van der Waals surface area contributed by atoms with E-state index in [2.05, 4.69) is 15.0 Å². The molecule has 4 N–H and O–H groups in total. The number of hydrogen-bond donors (Lipinski definition) is 3. The van der Waals surface area contributed by atoms with Crippen LogP contribution in [0.1, 0.15) is 22.8 Å². The number of benzene rings is 2. The molecule has 1 unspecified atom stereocenters. The van der Waals surface area contributed by atoms with Crippen LogP contribution < -0.4 is 20.5 Å². The van der Waals surface area contributed by atoms with Gasteiger partial charge in [0.2, 0.25) is 21.8 Å². The van der Waals surface area contributed by atoms with Crippen molar-refractivity contribution in [2.24, 2.45) is 5.73 Å². The number of pyridine rings is 1. The largest absolute Gasteiger partial charge is 0.461 e. The molecule has 1 atom stereocenters. The van der Waals surface area contributed by atoms with Gasteiger partial charge in [-0.2, -0.15) is 0 Å². The number of anilines is 2. The summed E-state index contributed by atoms with van der Waals surface area (Å²) in [5.41, 5.74) is 7.57. The Morgan fingerprint density at radius 2 is 1.82 bits per heavy atom. The molecule has 0 fully saturated rings. The molecule has 4 rings (SSSR count). The maximum absolute atomic E-state index is 13.1. The van der Waals surface area contributed by atoms with Crippen LogP contribution in [0.3, 0.4) is 0 Å². The van der Waals surface area contributed by atoms with Crippen LogP contribution in [-0.4, -0.2) is 37.1 Å². The number of carbonyl (C=O) groups excluding carboxylic acids is 2. The van der Waals surface area contributed by atoms with E-state index in [1.165, 1.54) is 6.07 Å². The molecule has 3 aromatic rings. The highest BCUT2D eigenvalue weighted by Gasteiger charge is 2.44. The molecule has 0 radical (unpaired) electrons. The molecule has 0 spiro atoms. The monoisotopic (exact) mass is 466 g/mol. The predicted octanol–water partition coefficient (Wildman–Crippen LogP) is 2.55. The van der Waals surface area contributed by atoms with E-state index < -0.39 is 27.4 Å². The second-order valence-corrected chi connectivity index (χ2v) is 9.75. The minimum atomic E-state index is -3.45. The molecule has 10 heteroatoms. The number of nitrogens with zero attached hydrogens (tertiary/aromatic N) is 1. The van der Waals surface area contributed by atoms with Crippen LogP contribution in [0.2, 0.25) is 0 Å². The van der Waals surface area contributed by atoms with Crippen LogP contribution in [-0.2, 0) is 21.2 Å². The van der Waals surface area contributed by atoms with Crippen molar-refractivity contribution in [2.45, 2.75) is 18.9 Å². The summed E-state index contributed by atoms with van der Waals surface area (Å²) in [4.78, 5) is 29.0. The van der Waals surface area contributed by atoms with E-state index in [1.807, 2.05) is 6.07 Å². The molecule has 2 aromatic carbocycles. The minimum absolute atomic E-state index is 0.249. The fourth-order valence-corrected chi connectivity index (χ4v) is 4.25. The first-order chi connectivity index (χ1) is 15.5. The lowest BCUT2D eigenvalue weighted by Crippen LogP contribution is -2.44. The van der Waals surface area contributed by atoms with Gasteiger partial charge in [-0.3, -0.25) is 14.3 Å². The van der Waals surface area contributed by atoms with Crippen molar-refractivity contribution in [2.75, 3.05) is 16.3 Å². The van der Waals surface area contributed by atoms with Gasteiger partial charge in [-0.1, -0.05) is 18.2 Å². The summed E-state index contributed by atoms with van der Waals surface area (Å²) in [6.45, 7) is 1.66. The summed E-state index contributed by atoms with van der Waals surface area (Å²) in [6.07, 6.45) is 2.88. The van der Waals surface area contributed by atoms with E-state index >= 15 is 0 Å². The number of carbonyl (C=O) groups is 2. The molecular weight excluding hydrogens is 444 g/mol. The van der Waals surface area contributed by atoms with E-state index in [0.29, 0.717) is 22.8 Å². The average Bonchev–Trinajstić information content (AvgIpc) is 3.10. The van der Waals surface area contributed by atoms with Crippen molar-refractivity contribution in [3.05, 3.63) is 71.9 Å². The smallest absolute Gasteiger partial charge is 0.268 e. The molecule has 1 aromatic heterocycles. The van der Waals surface area contributed by atoms with Crippen molar-refractivity contribution in [3.63, 3.8) is 0 Å². The number of sulfonamides is 1. The molecule has 0 saturated heterocycles. The van der Waals surface area contributed by atoms with Gasteiger partial charge in [0.25, 0.3) is 5.91 Å². The Morgan fingerprint density at radius 3 is 2.55 bits per heavy atom. The van der Waals surface area contributed by atoms with Gasteiger partial charge in [0, 0.05) is 29.4 Å². The third-order valence-electron chi connectivity index (χ3n) is 5.21. The lowest BCUT2D eigenvalue weighted by molar-refractivity contribution is -0.128. The van der Waals surface area contributed by atoms with Gasteiger partial charge in [-0.15, -0.1) is 0 Å². The van der Waals surface area contributed by atoms with Crippen LogP contribution in [0.5, 0.6) is 5.88 Å². The van der Waals surface area contributed by atoms with E-state index in [4.69, 9.17) is 10.5 Å². The summed E-state index contributed by atoms with van der Waals surface area (Å²) in [5.74, 6) is -0.605. The van der Waals surface area contributed by atoms with Gasteiger partial charge in [-0.05, 0) is 54.4 Å². The van der Waals surface area contributed by atoms with E-state index in [-0.39, 0.29) is 6.42 Å². The maximum atomic E-state index is 13.1. The lowest BCUT2D eigenvalue weighted by Gasteiger charge is -2.22. The molecule has 2 amide bonds. The van der Waals surface area contributed by atoms with E-state index in [0.717, 1.165) is 22.9 Å². The molecule has 0 aliphatic carbocycles. The Balaban J connectivity index is 1.59. The number of amides is 2. The summed E-state index contributed by atoms with van der Waals surface area (Å²) in [5, 5.41) is 2.78. The molecule has 1 aliphatic heterocycles. The summed E-state index contributed by atoms with van der Waals surface area (Å²) in [7, 11) is -3.45. The molecule has 1 aliphatic rings. The lowest BCUT2D eigenvalue weighted by atomic mass is 9.92. The second kappa shape index (κ2) is 8.21. The van der Waals surface area contributed by atoms with Crippen molar-refractivity contribution in [1.29, 1.82) is 0 Å². The first-order valence-electron chi connectivity index (χ1n) is 10.0. The van der Waals surface area contributed by atoms with Crippen LogP contribution in [0.4, 0.5) is 11.4 Å². The number of ether oxygens (including phenoxy) is 1. The molecule has 9 nitrogen and oxygen atoms in total. The minimum Gasteiger partial charge on any atom is -0.461 e. The number of fused-ring (bicyclic) bond motifs is 1. The van der Waals surface area contributed by atoms with Gasteiger partial charge in [0.1, 0.15) is 0 Å². The van der Waals surface area contributed by atoms with Gasteiger partial charge in [-0.25, -0.2) is 13.4 Å². The number of nitrogens with one attached hydrogen (secondary N) is 2. The fraction of sp³-hybridized carbons (Fsp3) is 0.174. The molecular formula is C23H22N4O5S. The Morgan fingerprint density at radius 1 is 1.09 bits per heavy atom. The van der Waals surface area contributed by atoms with Gasteiger partial charge < -0.3 is 15.8 Å². The standard InChI is InChI=1S/C23H22N4O5S/c1-23(22(29)26-16-7-4-8-17(12-16)27-33(2,30)31)13-19-18(9-10-25-21(19)32-23)14-5-3-6-15(11-14)20(24)28/h3-12,27H,13H2,1-2H3,(H2,24,28)(H,26,29). The van der Waals surface area contributed by atoms with Gasteiger partial charge >= 0.3 is 0 Å². The zero-order valence-corrected chi connectivity index (χ0v) is 18.8. The number of rotatable bonds is 6. The molecule has 170 valence electrons. The maximum Gasteiger partial charge on any atom is 0.268 e. The third-order valence-corrected chi connectivity index (χ3v) is 5.82. The Kier molecular flexibility index (Phi) is 5.54. The average molecular weight is 467 g/mol. The van der Waals surface area contributed by atoms with Crippen molar-refractivity contribution >= 4 is 33.2 Å². The van der Waals surface area contributed by atoms with Crippen molar-refractivity contribution in [3.8, 4) is 17.0 Å². The summed E-state index contributed by atoms with van der Waals surface area (Å²) < 4.78 is 31.3. The van der Waals surface area contributed by atoms with E-state index in [9.17, 15) is 18.0 Å². The van der Waals surface area contributed by atoms with E-state index in [1.54, 1.807) is 55.6 Å². The van der Waals surface area contributed by atoms with Crippen LogP contribution >= 0.6 is 0 Å². The Labute approximate surface area is 191 Å². The van der Waals surface area contributed by atoms with Crippen molar-refractivity contribution in [1.82, 2.24) is 4.98 Å². The zero-order chi connectivity index (χ0) is 23.8. The molecule has 33 heavy (non-hydrogen) atoms. The molecule has 2 heterocycles. The first-order valence-corrected chi connectivity index (χ1v) is 11.9.